The first-order chi connectivity index (χ1) is 8.13. The molecule has 1 aromatic rings. The Morgan fingerprint density at radius 1 is 1.41 bits per heavy atom. The number of carboxylic acids is 1. The average Bonchev–Trinajstić information content (AvgIpc) is 2.71. The minimum atomic E-state index is -0.852. The van der Waals surface area contributed by atoms with Crippen molar-refractivity contribution in [3.63, 3.8) is 0 Å². The predicted octanol–water partition coefficient (Wildman–Crippen LogP) is 0.728. The number of ether oxygens (including phenoxy) is 1. The third kappa shape index (κ3) is 2.25. The smallest absolute Gasteiger partial charge is 0.322 e. The molecule has 1 heterocycles. The lowest BCUT2D eigenvalue weighted by Crippen LogP contribution is -2.38. The third-order valence-corrected chi connectivity index (χ3v) is 3.11. The first kappa shape index (κ1) is 11.9. The van der Waals surface area contributed by atoms with Crippen molar-refractivity contribution in [1.29, 1.82) is 0 Å². The Morgan fingerprint density at radius 3 is 2.82 bits per heavy atom. The number of carbonyl (C=O) groups is 1. The number of hydrogen-bond acceptors (Lipinski definition) is 4. The van der Waals surface area contributed by atoms with E-state index in [1.807, 2.05) is 31.2 Å². The van der Waals surface area contributed by atoms with Crippen LogP contribution < -0.4 is 15.6 Å². The van der Waals surface area contributed by atoms with Gasteiger partial charge in [0.2, 0.25) is 0 Å². The molecule has 1 fully saturated rings. The zero-order valence-corrected chi connectivity index (χ0v) is 9.81. The van der Waals surface area contributed by atoms with Crippen molar-refractivity contribution in [2.24, 2.45) is 0 Å². The van der Waals surface area contributed by atoms with Gasteiger partial charge in [-0.1, -0.05) is 12.1 Å². The molecule has 17 heavy (non-hydrogen) atoms. The lowest BCUT2D eigenvalue weighted by Gasteiger charge is -2.18. The number of hydrogen-bond donors (Lipinski definition) is 3. The van der Waals surface area contributed by atoms with E-state index in [9.17, 15) is 4.79 Å². The van der Waals surface area contributed by atoms with Crippen molar-refractivity contribution in [3.8, 4) is 5.75 Å². The topological polar surface area (TPSA) is 70.6 Å². The number of carboxylic acid groups (broad SMARTS) is 1. The molecule has 0 radical (unpaired) electrons. The molecule has 0 amide bonds. The molecule has 5 heteroatoms. The summed E-state index contributed by atoms with van der Waals surface area (Å²) in [5, 5.41) is 9.16. The highest BCUT2D eigenvalue weighted by atomic mass is 16.5. The van der Waals surface area contributed by atoms with E-state index in [4.69, 9.17) is 9.84 Å². The molecule has 1 aliphatic rings. The summed E-state index contributed by atoms with van der Waals surface area (Å²) in [6, 6.07) is 6.97. The molecule has 3 N–H and O–H groups in total. The second kappa shape index (κ2) is 4.73. The van der Waals surface area contributed by atoms with Crippen molar-refractivity contribution in [2.75, 3.05) is 7.11 Å². The van der Waals surface area contributed by atoms with E-state index in [-0.39, 0.29) is 12.0 Å². The fraction of sp³-hybridized carbons (Fsp3) is 0.417. The molecule has 2 rings (SSSR count). The van der Waals surface area contributed by atoms with E-state index in [0.717, 1.165) is 11.3 Å². The molecule has 1 saturated heterocycles. The van der Waals surface area contributed by atoms with Crippen LogP contribution in [0.4, 0.5) is 0 Å². The van der Waals surface area contributed by atoms with Gasteiger partial charge in [0.05, 0.1) is 7.11 Å². The molecule has 0 bridgehead atoms. The van der Waals surface area contributed by atoms with Gasteiger partial charge in [-0.3, -0.25) is 10.2 Å². The summed E-state index contributed by atoms with van der Waals surface area (Å²) < 4.78 is 5.16. The number of benzene rings is 1. The van der Waals surface area contributed by atoms with E-state index in [1.165, 1.54) is 0 Å². The zero-order chi connectivity index (χ0) is 12.4. The Kier molecular flexibility index (Phi) is 3.31. The SMILES string of the molecule is COc1cccc(C2C(C)NNC2C(=O)O)c1. The van der Waals surface area contributed by atoms with Crippen LogP contribution in [0.3, 0.4) is 0 Å². The molecular weight excluding hydrogens is 220 g/mol. The van der Waals surface area contributed by atoms with Gasteiger partial charge in [0.25, 0.3) is 0 Å². The minimum Gasteiger partial charge on any atom is -0.497 e. The lowest BCUT2D eigenvalue weighted by molar-refractivity contribution is -0.139. The van der Waals surface area contributed by atoms with Crippen LogP contribution in [-0.2, 0) is 4.79 Å². The van der Waals surface area contributed by atoms with Crippen LogP contribution in [0.1, 0.15) is 18.4 Å². The zero-order valence-electron chi connectivity index (χ0n) is 9.81. The van der Waals surface area contributed by atoms with Crippen LogP contribution in [0.15, 0.2) is 24.3 Å². The molecule has 0 spiro atoms. The normalized spacial score (nSPS) is 28.0. The van der Waals surface area contributed by atoms with Gasteiger partial charge in [-0.2, -0.15) is 0 Å². The number of nitrogens with one attached hydrogen (secondary N) is 2. The lowest BCUT2D eigenvalue weighted by atomic mass is 9.88. The molecule has 1 aromatic carbocycles. The highest BCUT2D eigenvalue weighted by Gasteiger charge is 2.38. The summed E-state index contributed by atoms with van der Waals surface area (Å²) >= 11 is 0. The maximum Gasteiger partial charge on any atom is 0.322 e. The Morgan fingerprint density at radius 2 is 2.18 bits per heavy atom. The highest BCUT2D eigenvalue weighted by molar-refractivity contribution is 5.75. The number of hydrazine groups is 1. The van der Waals surface area contributed by atoms with Crippen molar-refractivity contribution < 1.29 is 14.6 Å². The molecule has 0 saturated carbocycles. The van der Waals surface area contributed by atoms with Gasteiger partial charge in [-0.15, -0.1) is 0 Å². The monoisotopic (exact) mass is 236 g/mol. The van der Waals surface area contributed by atoms with Crippen LogP contribution in [0.25, 0.3) is 0 Å². The summed E-state index contributed by atoms with van der Waals surface area (Å²) in [6.07, 6.45) is 0. The summed E-state index contributed by atoms with van der Waals surface area (Å²) in [5.41, 5.74) is 6.73. The van der Waals surface area contributed by atoms with Crippen molar-refractivity contribution in [1.82, 2.24) is 10.9 Å². The first-order valence-electron chi connectivity index (χ1n) is 5.51. The quantitative estimate of drug-likeness (QED) is 0.721. The Balaban J connectivity index is 2.32. The number of rotatable bonds is 3. The minimum absolute atomic E-state index is 0.0585. The molecule has 5 nitrogen and oxygen atoms in total. The van der Waals surface area contributed by atoms with Gasteiger partial charge < -0.3 is 9.84 Å². The molecule has 0 aliphatic carbocycles. The van der Waals surface area contributed by atoms with Crippen LogP contribution in [0.2, 0.25) is 0 Å². The van der Waals surface area contributed by atoms with Crippen LogP contribution in [-0.4, -0.2) is 30.3 Å². The molecular formula is C12H16N2O3. The maximum absolute atomic E-state index is 11.2. The van der Waals surface area contributed by atoms with E-state index < -0.39 is 12.0 Å². The van der Waals surface area contributed by atoms with Gasteiger partial charge in [-0.05, 0) is 24.6 Å². The summed E-state index contributed by atoms with van der Waals surface area (Å²) in [6.45, 7) is 1.96. The summed E-state index contributed by atoms with van der Waals surface area (Å²) in [4.78, 5) is 11.2. The van der Waals surface area contributed by atoms with Crippen LogP contribution >= 0.6 is 0 Å². The maximum atomic E-state index is 11.2. The standard InChI is InChI=1S/C12H16N2O3/c1-7-10(11(12(15)16)14-13-7)8-4-3-5-9(6-8)17-2/h3-7,10-11,13-14H,1-2H3,(H,15,16). The van der Waals surface area contributed by atoms with E-state index >= 15 is 0 Å². The van der Waals surface area contributed by atoms with Crippen molar-refractivity contribution in [3.05, 3.63) is 29.8 Å². The Labute approximate surface area is 99.8 Å². The van der Waals surface area contributed by atoms with Gasteiger partial charge in [0.15, 0.2) is 0 Å². The van der Waals surface area contributed by atoms with E-state index in [0.29, 0.717) is 0 Å². The van der Waals surface area contributed by atoms with Crippen molar-refractivity contribution in [2.45, 2.75) is 24.9 Å². The molecule has 3 atom stereocenters. The second-order valence-corrected chi connectivity index (χ2v) is 4.20. The van der Waals surface area contributed by atoms with Crippen LogP contribution in [0.5, 0.6) is 5.75 Å². The van der Waals surface area contributed by atoms with Crippen LogP contribution in [0, 0.1) is 0 Å². The number of aliphatic carboxylic acids is 1. The Hall–Kier alpha value is -1.59. The fourth-order valence-electron chi connectivity index (χ4n) is 2.23. The molecule has 92 valence electrons. The molecule has 1 aliphatic heterocycles. The molecule has 3 unspecified atom stereocenters. The van der Waals surface area contributed by atoms with Gasteiger partial charge in [0.1, 0.15) is 11.8 Å². The highest BCUT2D eigenvalue weighted by Crippen LogP contribution is 2.29. The number of methoxy groups -OCH3 is 1. The van der Waals surface area contributed by atoms with Gasteiger partial charge in [0, 0.05) is 12.0 Å². The predicted molar refractivity (Wildman–Crippen MR) is 62.9 cm³/mol. The summed E-state index contributed by atoms with van der Waals surface area (Å²) in [5.74, 6) is -0.219. The second-order valence-electron chi connectivity index (χ2n) is 4.20. The third-order valence-electron chi connectivity index (χ3n) is 3.11. The van der Waals surface area contributed by atoms with Crippen molar-refractivity contribution >= 4 is 5.97 Å². The largest absolute Gasteiger partial charge is 0.497 e. The summed E-state index contributed by atoms with van der Waals surface area (Å²) in [7, 11) is 1.60. The average molecular weight is 236 g/mol. The van der Waals surface area contributed by atoms with E-state index in [2.05, 4.69) is 10.9 Å². The van der Waals surface area contributed by atoms with E-state index in [1.54, 1.807) is 7.11 Å². The van der Waals surface area contributed by atoms with Gasteiger partial charge >= 0.3 is 5.97 Å². The fourth-order valence-corrected chi connectivity index (χ4v) is 2.23. The first-order valence-corrected chi connectivity index (χ1v) is 5.51. The Bertz CT molecular complexity index is 422. The molecule has 0 aromatic heterocycles. The van der Waals surface area contributed by atoms with Gasteiger partial charge in [-0.25, -0.2) is 5.43 Å².